The van der Waals surface area contributed by atoms with E-state index in [1.54, 1.807) is 7.05 Å². The SMILES string of the molecule is CN=C(NCC(C)(C)CCS(C)(=O)=O)NC1CCCC1. The van der Waals surface area contributed by atoms with Gasteiger partial charge in [0.1, 0.15) is 9.84 Å². The van der Waals surface area contributed by atoms with Gasteiger partial charge in [-0.1, -0.05) is 26.7 Å². The minimum Gasteiger partial charge on any atom is -0.356 e. The van der Waals surface area contributed by atoms with Gasteiger partial charge < -0.3 is 10.6 Å². The van der Waals surface area contributed by atoms with Gasteiger partial charge in [0.15, 0.2) is 5.96 Å². The van der Waals surface area contributed by atoms with Gasteiger partial charge in [0.25, 0.3) is 0 Å². The van der Waals surface area contributed by atoms with Gasteiger partial charge in [-0.3, -0.25) is 4.99 Å². The molecule has 0 unspecified atom stereocenters. The highest BCUT2D eigenvalue weighted by Gasteiger charge is 2.21. The molecule has 1 saturated carbocycles. The molecule has 0 aromatic carbocycles. The number of hydrogen-bond donors (Lipinski definition) is 2. The molecular formula is C14H29N3O2S. The van der Waals surface area contributed by atoms with E-state index in [4.69, 9.17) is 0 Å². The largest absolute Gasteiger partial charge is 0.356 e. The maximum absolute atomic E-state index is 11.2. The van der Waals surface area contributed by atoms with E-state index in [-0.39, 0.29) is 11.2 Å². The third kappa shape index (κ3) is 7.12. The van der Waals surface area contributed by atoms with E-state index in [0.29, 0.717) is 12.5 Å². The second kappa shape index (κ2) is 7.29. The Bertz CT molecular complexity index is 424. The summed E-state index contributed by atoms with van der Waals surface area (Å²) >= 11 is 0. The number of nitrogens with one attached hydrogen (secondary N) is 2. The van der Waals surface area contributed by atoms with Crippen molar-refractivity contribution in [1.82, 2.24) is 10.6 Å². The second-order valence-electron chi connectivity index (χ2n) is 6.60. The molecule has 1 fully saturated rings. The van der Waals surface area contributed by atoms with E-state index < -0.39 is 9.84 Å². The second-order valence-corrected chi connectivity index (χ2v) is 8.86. The first kappa shape index (κ1) is 17.3. The van der Waals surface area contributed by atoms with Crippen LogP contribution < -0.4 is 10.6 Å². The highest BCUT2D eigenvalue weighted by atomic mass is 32.2. The maximum atomic E-state index is 11.2. The van der Waals surface area contributed by atoms with Gasteiger partial charge in [0.05, 0.1) is 5.75 Å². The molecular weight excluding hydrogens is 274 g/mol. The van der Waals surface area contributed by atoms with Crippen molar-refractivity contribution in [3.8, 4) is 0 Å². The highest BCUT2D eigenvalue weighted by Crippen LogP contribution is 2.20. The summed E-state index contributed by atoms with van der Waals surface area (Å²) in [6, 6.07) is 0.528. The predicted octanol–water partition coefficient (Wildman–Crippen LogP) is 1.55. The summed E-state index contributed by atoms with van der Waals surface area (Å²) < 4.78 is 22.5. The van der Waals surface area contributed by atoms with Crippen LogP contribution in [0.3, 0.4) is 0 Å². The van der Waals surface area contributed by atoms with E-state index in [9.17, 15) is 8.42 Å². The number of sulfone groups is 1. The number of rotatable bonds is 6. The van der Waals surface area contributed by atoms with Crippen LogP contribution in [0.15, 0.2) is 4.99 Å². The van der Waals surface area contributed by atoms with Gasteiger partial charge in [0, 0.05) is 25.9 Å². The van der Waals surface area contributed by atoms with Gasteiger partial charge >= 0.3 is 0 Å². The van der Waals surface area contributed by atoms with Crippen LogP contribution in [0.4, 0.5) is 0 Å². The van der Waals surface area contributed by atoms with Crippen LogP contribution in [-0.4, -0.2) is 46.0 Å². The lowest BCUT2D eigenvalue weighted by molar-refractivity contribution is 0.348. The van der Waals surface area contributed by atoms with Crippen LogP contribution in [0.1, 0.15) is 46.0 Å². The van der Waals surface area contributed by atoms with Gasteiger partial charge in [-0.25, -0.2) is 8.42 Å². The van der Waals surface area contributed by atoms with Crippen LogP contribution in [0.2, 0.25) is 0 Å². The first-order chi connectivity index (χ1) is 9.22. The monoisotopic (exact) mass is 303 g/mol. The van der Waals surface area contributed by atoms with Crippen molar-refractivity contribution < 1.29 is 8.42 Å². The molecule has 0 heterocycles. The molecule has 1 aliphatic rings. The number of nitrogens with zero attached hydrogens (tertiary/aromatic N) is 1. The number of hydrogen-bond acceptors (Lipinski definition) is 3. The quantitative estimate of drug-likeness (QED) is 0.577. The molecule has 0 saturated heterocycles. The fraction of sp³-hybridized carbons (Fsp3) is 0.929. The van der Waals surface area contributed by atoms with E-state index >= 15 is 0 Å². The molecule has 6 heteroatoms. The molecule has 5 nitrogen and oxygen atoms in total. The maximum Gasteiger partial charge on any atom is 0.191 e. The Balaban J connectivity index is 2.38. The lowest BCUT2D eigenvalue weighted by Crippen LogP contribution is -2.45. The molecule has 0 bridgehead atoms. The molecule has 2 N–H and O–H groups in total. The summed E-state index contributed by atoms with van der Waals surface area (Å²) in [4.78, 5) is 4.24. The fourth-order valence-electron chi connectivity index (χ4n) is 2.33. The van der Waals surface area contributed by atoms with E-state index in [0.717, 1.165) is 12.5 Å². The Morgan fingerprint density at radius 2 is 1.90 bits per heavy atom. The number of aliphatic imine (C=N–C) groups is 1. The Hall–Kier alpha value is -0.780. The van der Waals surface area contributed by atoms with Crippen molar-refractivity contribution in [1.29, 1.82) is 0 Å². The van der Waals surface area contributed by atoms with E-state index in [1.165, 1.54) is 31.9 Å². The minimum absolute atomic E-state index is 0.0730. The molecule has 0 aliphatic heterocycles. The van der Waals surface area contributed by atoms with Crippen molar-refractivity contribution >= 4 is 15.8 Å². The van der Waals surface area contributed by atoms with Crippen molar-refractivity contribution in [3.63, 3.8) is 0 Å². The molecule has 0 atom stereocenters. The smallest absolute Gasteiger partial charge is 0.191 e. The Labute approximate surface area is 123 Å². The van der Waals surface area contributed by atoms with E-state index in [1.807, 2.05) is 0 Å². The van der Waals surface area contributed by atoms with Crippen LogP contribution in [0, 0.1) is 5.41 Å². The van der Waals surface area contributed by atoms with Crippen LogP contribution >= 0.6 is 0 Å². The third-order valence-corrected chi connectivity index (χ3v) is 4.75. The average Bonchev–Trinajstić information content (AvgIpc) is 2.84. The molecule has 1 aliphatic carbocycles. The summed E-state index contributed by atoms with van der Waals surface area (Å²) in [5, 5.41) is 6.75. The molecule has 0 spiro atoms. The van der Waals surface area contributed by atoms with Gasteiger partial charge in [0.2, 0.25) is 0 Å². The van der Waals surface area contributed by atoms with Crippen molar-refractivity contribution in [2.24, 2.45) is 10.4 Å². The number of guanidine groups is 1. The minimum atomic E-state index is -2.89. The van der Waals surface area contributed by atoms with E-state index in [2.05, 4.69) is 29.5 Å². The molecule has 1 rings (SSSR count). The first-order valence-electron chi connectivity index (χ1n) is 7.37. The lowest BCUT2D eigenvalue weighted by atomic mass is 9.90. The summed E-state index contributed by atoms with van der Waals surface area (Å²) in [7, 11) is -1.12. The Kier molecular flexibility index (Phi) is 6.30. The average molecular weight is 303 g/mol. The highest BCUT2D eigenvalue weighted by molar-refractivity contribution is 7.90. The van der Waals surface area contributed by atoms with Gasteiger partial charge in [-0.2, -0.15) is 0 Å². The normalized spacial score (nSPS) is 18.3. The zero-order chi connectivity index (χ0) is 15.2. The van der Waals surface area contributed by atoms with Crippen LogP contribution in [0.25, 0.3) is 0 Å². The molecule has 0 radical (unpaired) electrons. The molecule has 118 valence electrons. The molecule has 0 aromatic heterocycles. The zero-order valence-corrected chi connectivity index (χ0v) is 14.0. The fourth-order valence-corrected chi connectivity index (χ4v) is 3.25. The lowest BCUT2D eigenvalue weighted by Gasteiger charge is -2.26. The topological polar surface area (TPSA) is 70.6 Å². The van der Waals surface area contributed by atoms with Crippen LogP contribution in [0.5, 0.6) is 0 Å². The summed E-state index contributed by atoms with van der Waals surface area (Å²) in [6.07, 6.45) is 6.93. The molecule has 20 heavy (non-hydrogen) atoms. The predicted molar refractivity (Wildman–Crippen MR) is 84.9 cm³/mol. The Morgan fingerprint density at radius 3 is 2.40 bits per heavy atom. The molecule has 0 amide bonds. The van der Waals surface area contributed by atoms with Gasteiger partial charge in [-0.15, -0.1) is 0 Å². The zero-order valence-electron chi connectivity index (χ0n) is 13.2. The first-order valence-corrected chi connectivity index (χ1v) is 9.43. The standard InChI is InChI=1S/C14H29N3O2S/c1-14(2,9-10-20(4,18)19)11-16-13(15-3)17-12-7-5-6-8-12/h12H,5-11H2,1-4H3,(H2,15,16,17). The summed E-state index contributed by atoms with van der Waals surface area (Å²) in [5.41, 5.74) is -0.0730. The van der Waals surface area contributed by atoms with Crippen LogP contribution in [-0.2, 0) is 9.84 Å². The van der Waals surface area contributed by atoms with Crippen molar-refractivity contribution in [2.45, 2.75) is 52.0 Å². The van der Waals surface area contributed by atoms with Gasteiger partial charge in [-0.05, 0) is 24.7 Å². The van der Waals surface area contributed by atoms with Crippen molar-refractivity contribution in [2.75, 3.05) is 25.6 Å². The van der Waals surface area contributed by atoms with Crippen molar-refractivity contribution in [3.05, 3.63) is 0 Å². The molecule has 0 aromatic rings. The third-order valence-electron chi connectivity index (χ3n) is 3.80. The summed E-state index contributed by atoms with van der Waals surface area (Å²) in [5.74, 6) is 1.06. The summed E-state index contributed by atoms with van der Waals surface area (Å²) in [6.45, 7) is 4.87. The Morgan fingerprint density at radius 1 is 1.30 bits per heavy atom.